The van der Waals surface area contributed by atoms with Crippen LogP contribution in [0.15, 0.2) is 27.5 Å². The van der Waals surface area contributed by atoms with E-state index in [1.54, 1.807) is 32.0 Å². The molecule has 0 radical (unpaired) electrons. The van der Waals surface area contributed by atoms with Crippen molar-refractivity contribution in [2.45, 2.75) is 32.2 Å². The molecule has 0 amide bonds. The SMILES string of the molecule is COc1ccc(C)cc1S(=O)(=O)NCc1oc(C)nc1C. The lowest BCUT2D eigenvalue weighted by atomic mass is 10.2. The van der Waals surface area contributed by atoms with Gasteiger partial charge in [0, 0.05) is 6.92 Å². The largest absolute Gasteiger partial charge is 0.495 e. The third kappa shape index (κ3) is 3.43. The maximum Gasteiger partial charge on any atom is 0.244 e. The molecule has 0 spiro atoms. The number of ether oxygens (including phenoxy) is 1. The zero-order valence-electron chi connectivity index (χ0n) is 12.4. The van der Waals surface area contributed by atoms with Gasteiger partial charge in [0.15, 0.2) is 5.89 Å². The second-order valence-corrected chi connectivity index (χ2v) is 6.46. The highest BCUT2D eigenvalue weighted by Gasteiger charge is 2.20. The number of nitrogens with one attached hydrogen (secondary N) is 1. The molecule has 1 aromatic carbocycles. The van der Waals surface area contributed by atoms with Crippen molar-refractivity contribution in [3.63, 3.8) is 0 Å². The van der Waals surface area contributed by atoms with Crippen molar-refractivity contribution in [3.05, 3.63) is 41.1 Å². The van der Waals surface area contributed by atoms with Crippen molar-refractivity contribution < 1.29 is 17.6 Å². The molecule has 0 saturated carbocycles. The lowest BCUT2D eigenvalue weighted by Crippen LogP contribution is -2.24. The lowest BCUT2D eigenvalue weighted by molar-refractivity contribution is 0.402. The van der Waals surface area contributed by atoms with E-state index in [-0.39, 0.29) is 11.4 Å². The van der Waals surface area contributed by atoms with E-state index >= 15 is 0 Å². The average molecular weight is 310 g/mol. The molecular formula is C14H18N2O4S. The maximum atomic E-state index is 12.4. The second-order valence-electron chi connectivity index (χ2n) is 4.72. The topological polar surface area (TPSA) is 81.4 Å². The number of aromatic nitrogens is 1. The number of nitrogens with zero attached hydrogens (tertiary/aromatic N) is 1. The summed E-state index contributed by atoms with van der Waals surface area (Å²) in [5, 5.41) is 0. The van der Waals surface area contributed by atoms with Gasteiger partial charge in [0.1, 0.15) is 16.4 Å². The van der Waals surface area contributed by atoms with Crippen LogP contribution in [0.3, 0.4) is 0 Å². The highest BCUT2D eigenvalue weighted by atomic mass is 32.2. The standard InChI is InChI=1S/C14H18N2O4S/c1-9-5-6-12(19-4)14(7-9)21(17,18)15-8-13-10(2)16-11(3)20-13/h5-7,15H,8H2,1-4H3. The predicted molar refractivity (Wildman–Crippen MR) is 77.7 cm³/mol. The number of methoxy groups -OCH3 is 1. The van der Waals surface area contributed by atoms with Crippen LogP contribution in [-0.4, -0.2) is 20.5 Å². The van der Waals surface area contributed by atoms with Crippen LogP contribution < -0.4 is 9.46 Å². The van der Waals surface area contributed by atoms with Crippen LogP contribution in [0.4, 0.5) is 0 Å². The zero-order chi connectivity index (χ0) is 15.6. The highest BCUT2D eigenvalue weighted by Crippen LogP contribution is 2.24. The molecule has 1 aromatic heterocycles. The van der Waals surface area contributed by atoms with Crippen molar-refractivity contribution in [1.82, 2.24) is 9.71 Å². The van der Waals surface area contributed by atoms with Crippen LogP contribution in [0.2, 0.25) is 0 Å². The Balaban J connectivity index is 2.26. The molecule has 0 atom stereocenters. The van der Waals surface area contributed by atoms with Gasteiger partial charge in [0.25, 0.3) is 0 Å². The summed E-state index contributed by atoms with van der Waals surface area (Å²) in [5.41, 5.74) is 1.51. The molecule has 114 valence electrons. The highest BCUT2D eigenvalue weighted by molar-refractivity contribution is 7.89. The Morgan fingerprint density at radius 1 is 1.29 bits per heavy atom. The summed E-state index contributed by atoms with van der Waals surface area (Å²) in [7, 11) is -2.26. The van der Waals surface area contributed by atoms with E-state index in [9.17, 15) is 8.42 Å². The first kappa shape index (κ1) is 15.5. The summed E-state index contributed by atoms with van der Waals surface area (Å²) < 4.78 is 37.8. The molecule has 2 rings (SSSR count). The van der Waals surface area contributed by atoms with Gasteiger partial charge < -0.3 is 9.15 Å². The van der Waals surface area contributed by atoms with E-state index in [2.05, 4.69) is 9.71 Å². The van der Waals surface area contributed by atoms with E-state index in [0.717, 1.165) is 5.56 Å². The number of hydrogen-bond acceptors (Lipinski definition) is 5. The fraction of sp³-hybridized carbons (Fsp3) is 0.357. The molecule has 2 aromatic rings. The number of rotatable bonds is 5. The van der Waals surface area contributed by atoms with Gasteiger partial charge in [-0.1, -0.05) is 6.07 Å². The summed E-state index contributed by atoms with van der Waals surface area (Å²) in [4.78, 5) is 4.22. The lowest BCUT2D eigenvalue weighted by Gasteiger charge is -2.11. The molecule has 0 aliphatic carbocycles. The van der Waals surface area contributed by atoms with Crippen LogP contribution in [0.25, 0.3) is 0 Å². The number of benzene rings is 1. The summed E-state index contributed by atoms with van der Waals surface area (Å²) in [6, 6.07) is 5.00. The average Bonchev–Trinajstić information content (AvgIpc) is 2.75. The Hall–Kier alpha value is -1.86. The van der Waals surface area contributed by atoms with E-state index in [4.69, 9.17) is 9.15 Å². The quantitative estimate of drug-likeness (QED) is 0.914. The van der Waals surface area contributed by atoms with E-state index in [1.807, 2.05) is 6.92 Å². The number of oxazole rings is 1. The molecule has 0 unspecified atom stereocenters. The Morgan fingerprint density at radius 2 is 2.00 bits per heavy atom. The van der Waals surface area contributed by atoms with Crippen molar-refractivity contribution in [1.29, 1.82) is 0 Å². The number of hydrogen-bond donors (Lipinski definition) is 1. The number of sulfonamides is 1. The summed E-state index contributed by atoms with van der Waals surface area (Å²) in [6.45, 7) is 5.36. The van der Waals surface area contributed by atoms with Crippen LogP contribution in [0.5, 0.6) is 5.75 Å². The van der Waals surface area contributed by atoms with Crippen molar-refractivity contribution >= 4 is 10.0 Å². The Kier molecular flexibility index (Phi) is 4.34. The van der Waals surface area contributed by atoms with Gasteiger partial charge in [-0.2, -0.15) is 0 Å². The Labute approximate surface area is 124 Å². The van der Waals surface area contributed by atoms with Gasteiger partial charge in [-0.25, -0.2) is 18.1 Å². The van der Waals surface area contributed by atoms with Gasteiger partial charge in [-0.3, -0.25) is 0 Å². The van der Waals surface area contributed by atoms with E-state index in [1.165, 1.54) is 7.11 Å². The fourth-order valence-corrected chi connectivity index (χ4v) is 3.20. The first-order valence-corrected chi connectivity index (χ1v) is 7.89. The van der Waals surface area contributed by atoms with Crippen LogP contribution in [0.1, 0.15) is 22.9 Å². The number of aryl methyl sites for hydroxylation is 3. The van der Waals surface area contributed by atoms with Gasteiger partial charge in [0.2, 0.25) is 10.0 Å². The molecule has 0 saturated heterocycles. The van der Waals surface area contributed by atoms with E-state index < -0.39 is 10.0 Å². The molecule has 1 heterocycles. The summed E-state index contributed by atoms with van der Waals surface area (Å²) in [6.07, 6.45) is 0. The molecule has 0 aliphatic rings. The van der Waals surface area contributed by atoms with Gasteiger partial charge in [-0.05, 0) is 31.5 Å². The monoisotopic (exact) mass is 310 g/mol. The van der Waals surface area contributed by atoms with Gasteiger partial charge in [-0.15, -0.1) is 0 Å². The van der Waals surface area contributed by atoms with Gasteiger partial charge >= 0.3 is 0 Å². The smallest absolute Gasteiger partial charge is 0.244 e. The Morgan fingerprint density at radius 3 is 2.57 bits per heavy atom. The first-order chi connectivity index (χ1) is 9.83. The fourth-order valence-electron chi connectivity index (χ4n) is 1.97. The normalized spacial score (nSPS) is 11.6. The molecule has 0 bridgehead atoms. The van der Waals surface area contributed by atoms with Crippen LogP contribution >= 0.6 is 0 Å². The zero-order valence-corrected chi connectivity index (χ0v) is 13.2. The van der Waals surface area contributed by atoms with E-state index in [0.29, 0.717) is 23.1 Å². The minimum Gasteiger partial charge on any atom is -0.495 e. The van der Waals surface area contributed by atoms with Gasteiger partial charge in [0.05, 0.1) is 19.3 Å². The predicted octanol–water partition coefficient (Wildman–Crippen LogP) is 2.09. The van der Waals surface area contributed by atoms with Crippen LogP contribution in [0, 0.1) is 20.8 Å². The molecule has 21 heavy (non-hydrogen) atoms. The third-order valence-electron chi connectivity index (χ3n) is 3.03. The maximum absolute atomic E-state index is 12.4. The second kappa shape index (κ2) is 5.87. The summed E-state index contributed by atoms with van der Waals surface area (Å²) >= 11 is 0. The summed E-state index contributed by atoms with van der Waals surface area (Å²) in [5.74, 6) is 1.32. The minimum atomic E-state index is -3.69. The molecular weight excluding hydrogens is 292 g/mol. The van der Waals surface area contributed by atoms with Crippen LogP contribution in [-0.2, 0) is 16.6 Å². The molecule has 6 nitrogen and oxygen atoms in total. The first-order valence-electron chi connectivity index (χ1n) is 6.40. The molecule has 0 fully saturated rings. The van der Waals surface area contributed by atoms with Crippen molar-refractivity contribution in [2.75, 3.05) is 7.11 Å². The third-order valence-corrected chi connectivity index (χ3v) is 4.45. The Bertz CT molecular complexity index is 750. The van der Waals surface area contributed by atoms with Crippen molar-refractivity contribution in [3.8, 4) is 5.75 Å². The van der Waals surface area contributed by atoms with Crippen molar-refractivity contribution in [2.24, 2.45) is 0 Å². The minimum absolute atomic E-state index is 0.0477. The molecule has 7 heteroatoms. The molecule has 0 aliphatic heterocycles. The molecule has 1 N–H and O–H groups in total.